The number of carboxylic acid groups (broad SMARTS) is 1. The molecule has 0 radical (unpaired) electrons. The number of aliphatic hydroxyl groups excluding tert-OH is 1. The summed E-state index contributed by atoms with van der Waals surface area (Å²) in [4.78, 5) is 14.8. The number of fused-ring (bicyclic) bond motifs is 1. The molecule has 136 valence electrons. The Morgan fingerprint density at radius 1 is 1.32 bits per heavy atom. The summed E-state index contributed by atoms with van der Waals surface area (Å²) in [6.45, 7) is 3.39. The van der Waals surface area contributed by atoms with Crippen LogP contribution < -0.4 is 9.47 Å². The zero-order valence-electron chi connectivity index (χ0n) is 14.4. The Hall–Kier alpha value is -2.09. The first kappa shape index (κ1) is 17.7. The Balaban J connectivity index is 1.66. The smallest absolute Gasteiger partial charge is 0.317 e. The quantitative estimate of drug-likeness (QED) is 0.803. The number of β-amino-alcohol motifs (C(OH)–C–C–N with tert-alkyl or cyclic N) is 1. The van der Waals surface area contributed by atoms with Gasteiger partial charge in [0.05, 0.1) is 19.8 Å². The van der Waals surface area contributed by atoms with Gasteiger partial charge in [0.2, 0.25) is 0 Å². The monoisotopic (exact) mass is 348 g/mol. The molecule has 1 aromatic rings. The van der Waals surface area contributed by atoms with Crippen molar-refractivity contribution in [3.63, 3.8) is 0 Å². The molecule has 0 aliphatic carbocycles. The molecule has 1 fully saturated rings. The van der Waals surface area contributed by atoms with E-state index >= 15 is 0 Å². The summed E-state index contributed by atoms with van der Waals surface area (Å²) in [5.41, 5.74) is 2.11. The highest BCUT2D eigenvalue weighted by molar-refractivity contribution is 5.69. The van der Waals surface area contributed by atoms with Crippen LogP contribution in [0.4, 0.5) is 0 Å². The molecule has 0 unspecified atom stereocenters. The fraction of sp³-hybridized carbons (Fsp3) is 0.500. The lowest BCUT2D eigenvalue weighted by Crippen LogP contribution is -2.36. The van der Waals surface area contributed by atoms with E-state index in [-0.39, 0.29) is 6.54 Å². The molecule has 1 atom stereocenters. The van der Waals surface area contributed by atoms with Gasteiger partial charge < -0.3 is 19.7 Å². The van der Waals surface area contributed by atoms with Crippen molar-refractivity contribution in [2.75, 3.05) is 53.0 Å². The number of para-hydroxylation sites is 1. The van der Waals surface area contributed by atoms with E-state index in [2.05, 4.69) is 11.0 Å². The summed E-state index contributed by atoms with van der Waals surface area (Å²) in [6.07, 6.45) is 1.55. The van der Waals surface area contributed by atoms with Gasteiger partial charge in [-0.3, -0.25) is 14.6 Å². The molecule has 7 nitrogen and oxygen atoms in total. The molecule has 3 rings (SSSR count). The topological polar surface area (TPSA) is 82.5 Å². The summed E-state index contributed by atoms with van der Waals surface area (Å²) < 4.78 is 11.2. The first-order valence-electron chi connectivity index (χ1n) is 8.39. The average Bonchev–Trinajstić information content (AvgIpc) is 2.74. The molecule has 7 heteroatoms. The number of carbonyl (C=O) groups is 1. The number of methoxy groups -OCH3 is 1. The molecular weight excluding hydrogens is 324 g/mol. The summed E-state index contributed by atoms with van der Waals surface area (Å²) in [7, 11) is 1.62. The van der Waals surface area contributed by atoms with Crippen LogP contribution in [0.3, 0.4) is 0 Å². The largest absolute Gasteiger partial charge is 0.493 e. The molecule has 2 heterocycles. The average molecular weight is 348 g/mol. The van der Waals surface area contributed by atoms with Crippen LogP contribution in [0.2, 0.25) is 0 Å². The fourth-order valence-corrected chi connectivity index (χ4v) is 3.36. The van der Waals surface area contributed by atoms with Gasteiger partial charge in [0.1, 0.15) is 6.61 Å². The van der Waals surface area contributed by atoms with Gasteiger partial charge in [0.15, 0.2) is 11.5 Å². The zero-order valence-corrected chi connectivity index (χ0v) is 14.4. The molecule has 2 N–H and O–H groups in total. The van der Waals surface area contributed by atoms with Crippen LogP contribution in [-0.2, 0) is 4.79 Å². The second-order valence-electron chi connectivity index (χ2n) is 6.49. The molecule has 0 aromatic heterocycles. The van der Waals surface area contributed by atoms with E-state index in [1.807, 2.05) is 18.2 Å². The number of hydrogen-bond acceptors (Lipinski definition) is 6. The Morgan fingerprint density at radius 3 is 2.84 bits per heavy atom. The first-order chi connectivity index (χ1) is 12.0. The van der Waals surface area contributed by atoms with Crippen molar-refractivity contribution in [3.05, 3.63) is 29.3 Å². The standard InChI is InChI=1S/C18H24N2O5/c1-24-16-4-2-3-14-7-13(12-25-18(14)16)8-19-5-6-20(11-17(22)23)10-15(21)9-19/h2-4,7,15,21H,5-6,8-12H2,1H3,(H,22,23)/t15-/m0/s1. The van der Waals surface area contributed by atoms with Crippen LogP contribution in [0.25, 0.3) is 6.08 Å². The van der Waals surface area contributed by atoms with Crippen molar-refractivity contribution in [3.8, 4) is 11.5 Å². The van der Waals surface area contributed by atoms with Crippen LogP contribution in [-0.4, -0.2) is 85.1 Å². The van der Waals surface area contributed by atoms with Gasteiger partial charge in [0.25, 0.3) is 0 Å². The SMILES string of the molecule is COc1cccc2c1OCC(CN1CCN(CC(=O)O)C[C@@H](O)C1)=C2. The Bertz CT molecular complexity index is 661. The minimum Gasteiger partial charge on any atom is -0.493 e. The van der Waals surface area contributed by atoms with E-state index in [0.29, 0.717) is 39.3 Å². The van der Waals surface area contributed by atoms with E-state index in [0.717, 1.165) is 22.6 Å². The van der Waals surface area contributed by atoms with E-state index in [9.17, 15) is 9.90 Å². The van der Waals surface area contributed by atoms with Gasteiger partial charge in [-0.05, 0) is 17.7 Å². The molecule has 1 aromatic carbocycles. The predicted octanol–water partition coefficient (Wildman–Crippen LogP) is 0.534. The lowest BCUT2D eigenvalue weighted by Gasteiger charge is -2.26. The molecule has 0 amide bonds. The van der Waals surface area contributed by atoms with Crippen LogP contribution in [0.1, 0.15) is 5.56 Å². The highest BCUT2D eigenvalue weighted by Crippen LogP contribution is 2.35. The van der Waals surface area contributed by atoms with Crippen LogP contribution in [0.5, 0.6) is 11.5 Å². The third-order valence-corrected chi connectivity index (χ3v) is 4.45. The summed E-state index contributed by atoms with van der Waals surface area (Å²) in [5, 5.41) is 19.1. The lowest BCUT2D eigenvalue weighted by atomic mass is 10.1. The second kappa shape index (κ2) is 7.86. The van der Waals surface area contributed by atoms with Gasteiger partial charge in [-0.1, -0.05) is 12.1 Å². The van der Waals surface area contributed by atoms with Gasteiger partial charge in [0, 0.05) is 38.3 Å². The molecule has 0 bridgehead atoms. The number of hydrogen-bond donors (Lipinski definition) is 2. The maximum absolute atomic E-state index is 10.9. The van der Waals surface area contributed by atoms with Gasteiger partial charge in [-0.2, -0.15) is 0 Å². The van der Waals surface area contributed by atoms with Crippen molar-refractivity contribution >= 4 is 12.0 Å². The number of benzene rings is 1. The van der Waals surface area contributed by atoms with Crippen molar-refractivity contribution < 1.29 is 24.5 Å². The zero-order chi connectivity index (χ0) is 17.8. The van der Waals surface area contributed by atoms with E-state index in [1.165, 1.54) is 0 Å². The van der Waals surface area contributed by atoms with E-state index in [1.54, 1.807) is 12.0 Å². The molecule has 0 spiro atoms. The second-order valence-corrected chi connectivity index (χ2v) is 6.49. The molecular formula is C18H24N2O5. The molecule has 0 saturated carbocycles. The number of carboxylic acids is 1. The van der Waals surface area contributed by atoms with Gasteiger partial charge >= 0.3 is 5.97 Å². The Morgan fingerprint density at radius 2 is 2.08 bits per heavy atom. The maximum atomic E-state index is 10.9. The van der Waals surface area contributed by atoms with Crippen molar-refractivity contribution in [2.24, 2.45) is 0 Å². The normalized spacial score (nSPS) is 21.7. The van der Waals surface area contributed by atoms with Crippen molar-refractivity contribution in [1.82, 2.24) is 9.80 Å². The summed E-state index contributed by atoms with van der Waals surface area (Å²) in [6, 6.07) is 5.79. The van der Waals surface area contributed by atoms with Gasteiger partial charge in [-0.25, -0.2) is 0 Å². The molecule has 2 aliphatic heterocycles. The fourth-order valence-electron chi connectivity index (χ4n) is 3.36. The number of aliphatic carboxylic acids is 1. The van der Waals surface area contributed by atoms with Crippen molar-refractivity contribution in [1.29, 1.82) is 0 Å². The van der Waals surface area contributed by atoms with Crippen LogP contribution in [0.15, 0.2) is 23.8 Å². The van der Waals surface area contributed by atoms with Crippen LogP contribution >= 0.6 is 0 Å². The minimum atomic E-state index is -0.866. The third kappa shape index (κ3) is 4.50. The molecule has 1 saturated heterocycles. The number of rotatable bonds is 5. The van der Waals surface area contributed by atoms with Crippen molar-refractivity contribution in [2.45, 2.75) is 6.10 Å². The Kier molecular flexibility index (Phi) is 5.57. The van der Waals surface area contributed by atoms with Gasteiger partial charge in [-0.15, -0.1) is 0 Å². The number of aliphatic hydroxyl groups is 1. The summed E-state index contributed by atoms with van der Waals surface area (Å²) >= 11 is 0. The molecule has 25 heavy (non-hydrogen) atoms. The Labute approximate surface area is 147 Å². The highest BCUT2D eigenvalue weighted by Gasteiger charge is 2.24. The first-order valence-corrected chi connectivity index (χ1v) is 8.39. The lowest BCUT2D eigenvalue weighted by molar-refractivity contribution is -0.138. The number of nitrogens with zero attached hydrogens (tertiary/aromatic N) is 2. The maximum Gasteiger partial charge on any atom is 0.317 e. The van der Waals surface area contributed by atoms with E-state index in [4.69, 9.17) is 14.6 Å². The minimum absolute atomic E-state index is 0.0378. The highest BCUT2D eigenvalue weighted by atomic mass is 16.5. The summed E-state index contributed by atoms with van der Waals surface area (Å²) in [5.74, 6) is 0.620. The van der Waals surface area contributed by atoms with Crippen LogP contribution in [0, 0.1) is 0 Å². The predicted molar refractivity (Wildman–Crippen MR) is 93.0 cm³/mol. The van der Waals surface area contributed by atoms with E-state index < -0.39 is 12.1 Å². The molecule has 2 aliphatic rings. The third-order valence-electron chi connectivity index (χ3n) is 4.45. The number of ether oxygens (including phenoxy) is 2.